The third-order valence-corrected chi connectivity index (χ3v) is 4.19. The van der Waals surface area contributed by atoms with Crippen LogP contribution >= 0.6 is 0 Å². The van der Waals surface area contributed by atoms with Gasteiger partial charge < -0.3 is 20.3 Å². The molecule has 1 aromatic heterocycles. The summed E-state index contributed by atoms with van der Waals surface area (Å²) in [6.45, 7) is 1.27. The first kappa shape index (κ1) is 20.9. The normalized spacial score (nSPS) is 12.4. The highest BCUT2D eigenvalue weighted by molar-refractivity contribution is 6.02. The molecule has 3 rings (SSSR count). The molecule has 1 atom stereocenters. The lowest BCUT2D eigenvalue weighted by Crippen LogP contribution is -2.38. The summed E-state index contributed by atoms with van der Waals surface area (Å²) < 4.78 is 43.4. The zero-order chi connectivity index (χ0) is 22.1. The van der Waals surface area contributed by atoms with E-state index in [1.807, 2.05) is 0 Å². The van der Waals surface area contributed by atoms with Crippen molar-refractivity contribution in [2.45, 2.75) is 19.1 Å². The van der Waals surface area contributed by atoms with E-state index >= 15 is 0 Å². The smallest absolute Gasteiger partial charge is 0.416 e. The predicted octanol–water partition coefficient (Wildman–Crippen LogP) is 3.95. The summed E-state index contributed by atoms with van der Waals surface area (Å²) in [5.74, 6) is -2.08. The van der Waals surface area contributed by atoms with Gasteiger partial charge in [0.2, 0.25) is 0 Å². The summed E-state index contributed by atoms with van der Waals surface area (Å²) in [5, 5.41) is 22.1. The number of alkyl halides is 3. The minimum atomic E-state index is -4.45. The Morgan fingerprint density at radius 1 is 1.10 bits per heavy atom. The van der Waals surface area contributed by atoms with Gasteiger partial charge in [0.25, 0.3) is 5.91 Å². The second kappa shape index (κ2) is 7.90. The Labute approximate surface area is 167 Å². The molecule has 0 radical (unpaired) electrons. The number of hydrogen-bond acceptors (Lipinski definition) is 5. The van der Waals surface area contributed by atoms with Gasteiger partial charge in [-0.15, -0.1) is 0 Å². The molecule has 30 heavy (non-hydrogen) atoms. The minimum absolute atomic E-state index is 0.179. The van der Waals surface area contributed by atoms with E-state index in [0.717, 1.165) is 12.1 Å². The van der Waals surface area contributed by atoms with E-state index < -0.39 is 35.4 Å². The van der Waals surface area contributed by atoms with Gasteiger partial charge in [-0.25, -0.2) is 4.98 Å². The topological polar surface area (TPSA) is 109 Å². The maximum absolute atomic E-state index is 12.6. The highest BCUT2D eigenvalue weighted by Crippen LogP contribution is 2.33. The predicted molar refractivity (Wildman–Crippen MR) is 99.5 cm³/mol. The van der Waals surface area contributed by atoms with Crippen molar-refractivity contribution >= 4 is 22.6 Å². The van der Waals surface area contributed by atoms with Crippen molar-refractivity contribution in [3.05, 3.63) is 59.9 Å². The van der Waals surface area contributed by atoms with E-state index in [1.165, 1.54) is 43.5 Å². The number of nitrogens with zero attached hydrogens (tertiary/aromatic N) is 1. The van der Waals surface area contributed by atoms with Crippen molar-refractivity contribution in [1.29, 1.82) is 0 Å². The van der Waals surface area contributed by atoms with Crippen molar-refractivity contribution in [1.82, 2.24) is 10.3 Å². The Morgan fingerprint density at radius 3 is 2.33 bits per heavy atom. The van der Waals surface area contributed by atoms with E-state index in [1.54, 1.807) is 0 Å². The number of ether oxygens (including phenoxy) is 1. The fourth-order valence-corrected chi connectivity index (χ4v) is 2.59. The van der Waals surface area contributed by atoms with E-state index in [0.29, 0.717) is 5.39 Å². The maximum atomic E-state index is 12.6. The Kier molecular flexibility index (Phi) is 5.50. The van der Waals surface area contributed by atoms with Crippen LogP contribution in [0, 0.1) is 0 Å². The number of benzene rings is 2. The van der Waals surface area contributed by atoms with E-state index in [-0.39, 0.29) is 22.6 Å². The number of pyridine rings is 1. The number of carbonyl (C=O) groups is 2. The average Bonchev–Trinajstić information content (AvgIpc) is 2.67. The summed E-state index contributed by atoms with van der Waals surface area (Å²) in [4.78, 5) is 26.8. The number of halogens is 3. The molecular weight excluding hydrogens is 405 g/mol. The molecule has 7 nitrogen and oxygen atoms in total. The molecule has 0 aliphatic heterocycles. The fraction of sp³-hybridized carbons (Fsp3) is 0.150. The van der Waals surface area contributed by atoms with Gasteiger partial charge in [0, 0.05) is 17.0 Å². The summed E-state index contributed by atoms with van der Waals surface area (Å²) in [5.41, 5.74) is -1.14. The molecular formula is C20H15F3N2O5. The van der Waals surface area contributed by atoms with Crippen molar-refractivity contribution in [2.24, 2.45) is 0 Å². The fourth-order valence-electron chi connectivity index (χ4n) is 2.59. The molecule has 0 saturated carbocycles. The summed E-state index contributed by atoms with van der Waals surface area (Å²) in [7, 11) is 0. The van der Waals surface area contributed by atoms with Crippen molar-refractivity contribution < 1.29 is 37.7 Å². The molecule has 1 heterocycles. The quantitative estimate of drug-likeness (QED) is 0.577. The third kappa shape index (κ3) is 4.43. The Hall–Kier alpha value is -3.82. The molecule has 3 N–H and O–H groups in total. The van der Waals surface area contributed by atoms with Gasteiger partial charge in [-0.2, -0.15) is 13.2 Å². The van der Waals surface area contributed by atoms with Gasteiger partial charge in [-0.1, -0.05) is 0 Å². The molecule has 0 spiro atoms. The van der Waals surface area contributed by atoms with Gasteiger partial charge in [0.1, 0.15) is 17.5 Å². The standard InChI is InChI=1S/C20H15F3N2O5/c1-10(19(28)29)25-18(27)16-17(26)15-7-6-14(8-11(15)9-24-16)30-13-4-2-12(3-5-13)20(21,22)23/h2-10,26H,1H3,(H,25,27)(H,28,29)/t10-/m0/s1. The molecule has 0 aliphatic carbocycles. The van der Waals surface area contributed by atoms with Crippen LogP contribution in [-0.2, 0) is 11.0 Å². The molecule has 156 valence electrons. The third-order valence-electron chi connectivity index (χ3n) is 4.19. The van der Waals surface area contributed by atoms with Crippen LogP contribution in [0.1, 0.15) is 23.0 Å². The number of rotatable bonds is 5. The first-order valence-electron chi connectivity index (χ1n) is 8.57. The van der Waals surface area contributed by atoms with E-state index in [4.69, 9.17) is 9.84 Å². The Morgan fingerprint density at radius 2 is 1.73 bits per heavy atom. The summed E-state index contributed by atoms with van der Waals surface area (Å²) >= 11 is 0. The van der Waals surface area contributed by atoms with Gasteiger partial charge in [-0.3, -0.25) is 9.59 Å². The first-order chi connectivity index (χ1) is 14.1. The highest BCUT2D eigenvalue weighted by Gasteiger charge is 2.30. The lowest BCUT2D eigenvalue weighted by Gasteiger charge is -2.12. The maximum Gasteiger partial charge on any atom is 0.416 e. The number of hydrogen-bond donors (Lipinski definition) is 3. The van der Waals surface area contributed by atoms with Crippen LogP contribution in [0.3, 0.4) is 0 Å². The molecule has 10 heteroatoms. The van der Waals surface area contributed by atoms with Gasteiger partial charge in [-0.05, 0) is 49.4 Å². The lowest BCUT2D eigenvalue weighted by atomic mass is 10.1. The zero-order valence-corrected chi connectivity index (χ0v) is 15.4. The second-order valence-electron chi connectivity index (χ2n) is 6.36. The lowest BCUT2D eigenvalue weighted by molar-refractivity contribution is -0.139. The molecule has 0 bridgehead atoms. The molecule has 0 fully saturated rings. The largest absolute Gasteiger partial charge is 0.505 e. The average molecular weight is 420 g/mol. The van der Waals surface area contributed by atoms with Gasteiger partial charge in [0.15, 0.2) is 11.4 Å². The minimum Gasteiger partial charge on any atom is -0.505 e. The van der Waals surface area contributed by atoms with Gasteiger partial charge in [0.05, 0.1) is 5.56 Å². The van der Waals surface area contributed by atoms with Crippen LogP contribution in [0.2, 0.25) is 0 Å². The van der Waals surface area contributed by atoms with Crippen LogP contribution in [0.25, 0.3) is 10.8 Å². The molecule has 0 aliphatic rings. The number of fused-ring (bicyclic) bond motifs is 1. The molecule has 0 unspecified atom stereocenters. The van der Waals surface area contributed by atoms with Crippen molar-refractivity contribution in [3.8, 4) is 17.2 Å². The van der Waals surface area contributed by atoms with Crippen molar-refractivity contribution in [2.75, 3.05) is 0 Å². The summed E-state index contributed by atoms with van der Waals surface area (Å²) in [6, 6.07) is 7.37. The SMILES string of the molecule is C[C@H](NC(=O)c1ncc2cc(Oc3ccc(C(F)(F)F)cc3)ccc2c1O)C(=O)O. The number of aliphatic carboxylic acids is 1. The molecule has 1 amide bonds. The monoisotopic (exact) mass is 420 g/mol. The zero-order valence-electron chi connectivity index (χ0n) is 15.4. The first-order valence-corrected chi connectivity index (χ1v) is 8.57. The molecule has 2 aromatic carbocycles. The number of aromatic nitrogens is 1. The number of carbonyl (C=O) groups excluding carboxylic acids is 1. The van der Waals surface area contributed by atoms with Crippen LogP contribution in [0.15, 0.2) is 48.7 Å². The van der Waals surface area contributed by atoms with Crippen LogP contribution in [0.5, 0.6) is 17.2 Å². The number of aromatic hydroxyl groups is 1. The molecule has 3 aromatic rings. The number of carboxylic acid groups (broad SMARTS) is 1. The molecule has 0 saturated heterocycles. The van der Waals surface area contributed by atoms with Crippen LogP contribution < -0.4 is 10.1 Å². The Balaban J connectivity index is 1.83. The van der Waals surface area contributed by atoms with Crippen molar-refractivity contribution in [3.63, 3.8) is 0 Å². The van der Waals surface area contributed by atoms with E-state index in [9.17, 15) is 27.9 Å². The second-order valence-corrected chi connectivity index (χ2v) is 6.36. The number of nitrogens with one attached hydrogen (secondary N) is 1. The van der Waals surface area contributed by atoms with Crippen LogP contribution in [0.4, 0.5) is 13.2 Å². The Bertz CT molecular complexity index is 1110. The van der Waals surface area contributed by atoms with Crippen LogP contribution in [-0.4, -0.2) is 33.1 Å². The summed E-state index contributed by atoms with van der Waals surface area (Å²) in [6.07, 6.45) is -3.16. The number of carboxylic acids is 1. The van der Waals surface area contributed by atoms with Gasteiger partial charge >= 0.3 is 12.1 Å². The van der Waals surface area contributed by atoms with E-state index in [2.05, 4.69) is 10.3 Å². The number of amides is 1. The highest BCUT2D eigenvalue weighted by atomic mass is 19.4.